The zero-order valence-corrected chi connectivity index (χ0v) is 8.50. The number of rotatable bonds is 3. The molecule has 0 unspecified atom stereocenters. The molecule has 0 radical (unpaired) electrons. The molecule has 0 aliphatic carbocycles. The van der Waals surface area contributed by atoms with Gasteiger partial charge >= 0.3 is 0 Å². The standard InChI is InChI=1S/C11H17NO/c1-8(2)13-11-5-4-10(7-12)9(3)6-11/h4-6,8H,7,12H2,1-3H3. The lowest BCUT2D eigenvalue weighted by Crippen LogP contribution is -2.06. The van der Waals surface area contributed by atoms with E-state index < -0.39 is 0 Å². The van der Waals surface area contributed by atoms with E-state index in [0.717, 1.165) is 5.75 Å². The minimum absolute atomic E-state index is 0.225. The highest BCUT2D eigenvalue weighted by Gasteiger charge is 2.00. The molecule has 72 valence electrons. The summed E-state index contributed by atoms with van der Waals surface area (Å²) in [5, 5.41) is 0. The molecule has 0 atom stereocenters. The molecular weight excluding hydrogens is 162 g/mol. The van der Waals surface area contributed by atoms with Crippen molar-refractivity contribution < 1.29 is 4.74 Å². The minimum Gasteiger partial charge on any atom is -0.491 e. The van der Waals surface area contributed by atoms with Crippen LogP contribution >= 0.6 is 0 Å². The van der Waals surface area contributed by atoms with Crippen molar-refractivity contribution in [3.05, 3.63) is 29.3 Å². The number of benzene rings is 1. The number of ether oxygens (including phenoxy) is 1. The Kier molecular flexibility index (Phi) is 3.32. The maximum absolute atomic E-state index is 5.56. The van der Waals surface area contributed by atoms with Gasteiger partial charge in [-0.15, -0.1) is 0 Å². The van der Waals surface area contributed by atoms with Gasteiger partial charge in [0.05, 0.1) is 6.10 Å². The highest BCUT2D eigenvalue weighted by atomic mass is 16.5. The number of nitrogens with two attached hydrogens (primary N) is 1. The summed E-state index contributed by atoms with van der Waals surface area (Å²) in [6.45, 7) is 6.68. The Morgan fingerprint density at radius 3 is 2.54 bits per heavy atom. The summed E-state index contributed by atoms with van der Waals surface area (Å²) in [4.78, 5) is 0. The Hall–Kier alpha value is -1.02. The van der Waals surface area contributed by atoms with Crippen molar-refractivity contribution in [3.8, 4) is 5.75 Å². The van der Waals surface area contributed by atoms with Gasteiger partial charge in [-0.3, -0.25) is 0 Å². The summed E-state index contributed by atoms with van der Waals surface area (Å²) in [5.41, 5.74) is 7.93. The fourth-order valence-corrected chi connectivity index (χ4v) is 1.24. The second kappa shape index (κ2) is 4.28. The first-order chi connectivity index (χ1) is 6.13. The van der Waals surface area contributed by atoms with E-state index >= 15 is 0 Å². The first-order valence-electron chi connectivity index (χ1n) is 4.59. The van der Waals surface area contributed by atoms with Crippen LogP contribution in [0.25, 0.3) is 0 Å². The maximum Gasteiger partial charge on any atom is 0.119 e. The Balaban J connectivity index is 2.83. The smallest absolute Gasteiger partial charge is 0.119 e. The summed E-state index contributed by atoms with van der Waals surface area (Å²) >= 11 is 0. The average molecular weight is 179 g/mol. The van der Waals surface area contributed by atoms with E-state index in [9.17, 15) is 0 Å². The fourth-order valence-electron chi connectivity index (χ4n) is 1.24. The van der Waals surface area contributed by atoms with Crippen molar-refractivity contribution in [2.24, 2.45) is 5.73 Å². The Labute approximate surface area is 79.7 Å². The number of aryl methyl sites for hydroxylation is 1. The molecule has 0 fully saturated rings. The summed E-state index contributed by atoms with van der Waals surface area (Å²) < 4.78 is 5.55. The van der Waals surface area contributed by atoms with Gasteiger partial charge in [0.1, 0.15) is 5.75 Å². The van der Waals surface area contributed by atoms with Crippen LogP contribution in [0.3, 0.4) is 0 Å². The van der Waals surface area contributed by atoms with Crippen LogP contribution < -0.4 is 10.5 Å². The third-order valence-electron chi connectivity index (χ3n) is 1.91. The molecule has 0 saturated heterocycles. The van der Waals surface area contributed by atoms with Crippen molar-refractivity contribution in [2.75, 3.05) is 0 Å². The van der Waals surface area contributed by atoms with Gasteiger partial charge in [0.25, 0.3) is 0 Å². The molecule has 1 aromatic carbocycles. The lowest BCUT2D eigenvalue weighted by atomic mass is 10.1. The second-order valence-electron chi connectivity index (χ2n) is 3.46. The predicted molar refractivity (Wildman–Crippen MR) is 54.8 cm³/mol. The van der Waals surface area contributed by atoms with E-state index in [1.807, 2.05) is 32.0 Å². The molecule has 0 aliphatic heterocycles. The maximum atomic E-state index is 5.56. The van der Waals surface area contributed by atoms with Gasteiger partial charge in [0, 0.05) is 6.54 Å². The predicted octanol–water partition coefficient (Wildman–Crippen LogP) is 2.24. The highest BCUT2D eigenvalue weighted by molar-refractivity contribution is 5.34. The van der Waals surface area contributed by atoms with Crippen LogP contribution in [-0.2, 0) is 6.54 Å². The van der Waals surface area contributed by atoms with Crippen LogP contribution in [0, 0.1) is 6.92 Å². The monoisotopic (exact) mass is 179 g/mol. The largest absolute Gasteiger partial charge is 0.491 e. The fraction of sp³-hybridized carbons (Fsp3) is 0.455. The van der Waals surface area contributed by atoms with Gasteiger partial charge in [-0.2, -0.15) is 0 Å². The molecule has 1 rings (SSSR count). The van der Waals surface area contributed by atoms with Crippen LogP contribution in [-0.4, -0.2) is 6.10 Å². The molecule has 2 N–H and O–H groups in total. The van der Waals surface area contributed by atoms with Gasteiger partial charge in [-0.05, 0) is 44.0 Å². The number of hydrogen-bond acceptors (Lipinski definition) is 2. The van der Waals surface area contributed by atoms with Crippen LogP contribution in [0.1, 0.15) is 25.0 Å². The molecule has 0 bridgehead atoms. The van der Waals surface area contributed by atoms with Crippen LogP contribution in [0.15, 0.2) is 18.2 Å². The molecule has 0 spiro atoms. The summed E-state index contributed by atoms with van der Waals surface area (Å²) in [7, 11) is 0. The average Bonchev–Trinajstić information content (AvgIpc) is 2.03. The normalized spacial score (nSPS) is 10.5. The first kappa shape index (κ1) is 10.1. The molecule has 0 saturated carbocycles. The minimum atomic E-state index is 0.225. The van der Waals surface area contributed by atoms with E-state index in [0.29, 0.717) is 6.54 Å². The molecule has 2 nitrogen and oxygen atoms in total. The molecule has 0 amide bonds. The van der Waals surface area contributed by atoms with Crippen LogP contribution in [0.4, 0.5) is 0 Å². The van der Waals surface area contributed by atoms with Crippen molar-refractivity contribution in [1.82, 2.24) is 0 Å². The van der Waals surface area contributed by atoms with Crippen molar-refractivity contribution >= 4 is 0 Å². The van der Waals surface area contributed by atoms with Gasteiger partial charge < -0.3 is 10.5 Å². The molecule has 2 heteroatoms. The van der Waals surface area contributed by atoms with Crippen molar-refractivity contribution in [1.29, 1.82) is 0 Å². The quantitative estimate of drug-likeness (QED) is 0.772. The first-order valence-corrected chi connectivity index (χ1v) is 4.59. The lowest BCUT2D eigenvalue weighted by molar-refractivity contribution is 0.242. The molecule has 13 heavy (non-hydrogen) atoms. The third kappa shape index (κ3) is 2.74. The topological polar surface area (TPSA) is 35.2 Å². The van der Waals surface area contributed by atoms with Crippen LogP contribution in [0.5, 0.6) is 5.75 Å². The zero-order chi connectivity index (χ0) is 9.84. The molecular formula is C11H17NO. The Morgan fingerprint density at radius 1 is 1.38 bits per heavy atom. The molecule has 0 aromatic heterocycles. The van der Waals surface area contributed by atoms with Crippen molar-refractivity contribution in [3.63, 3.8) is 0 Å². The molecule has 0 aliphatic rings. The zero-order valence-electron chi connectivity index (χ0n) is 8.50. The molecule has 1 aromatic rings. The molecule has 0 heterocycles. The van der Waals surface area contributed by atoms with Crippen molar-refractivity contribution in [2.45, 2.75) is 33.4 Å². The summed E-state index contributed by atoms with van der Waals surface area (Å²) in [6.07, 6.45) is 0.225. The van der Waals surface area contributed by atoms with Gasteiger partial charge in [-0.25, -0.2) is 0 Å². The Bertz CT molecular complexity index is 281. The van der Waals surface area contributed by atoms with E-state index in [1.54, 1.807) is 0 Å². The van der Waals surface area contributed by atoms with E-state index in [4.69, 9.17) is 10.5 Å². The van der Waals surface area contributed by atoms with E-state index in [-0.39, 0.29) is 6.10 Å². The summed E-state index contributed by atoms with van der Waals surface area (Å²) in [5.74, 6) is 0.921. The van der Waals surface area contributed by atoms with E-state index in [2.05, 4.69) is 6.92 Å². The van der Waals surface area contributed by atoms with Gasteiger partial charge in [0.2, 0.25) is 0 Å². The van der Waals surface area contributed by atoms with Crippen LogP contribution in [0.2, 0.25) is 0 Å². The van der Waals surface area contributed by atoms with Gasteiger partial charge in [0.15, 0.2) is 0 Å². The number of hydrogen-bond donors (Lipinski definition) is 1. The highest BCUT2D eigenvalue weighted by Crippen LogP contribution is 2.17. The second-order valence-corrected chi connectivity index (χ2v) is 3.46. The Morgan fingerprint density at radius 2 is 2.08 bits per heavy atom. The van der Waals surface area contributed by atoms with Gasteiger partial charge in [-0.1, -0.05) is 6.07 Å². The summed E-state index contributed by atoms with van der Waals surface area (Å²) in [6, 6.07) is 6.02. The third-order valence-corrected chi connectivity index (χ3v) is 1.91. The lowest BCUT2D eigenvalue weighted by Gasteiger charge is -2.11. The SMILES string of the molecule is Cc1cc(OC(C)C)ccc1CN. The van der Waals surface area contributed by atoms with E-state index in [1.165, 1.54) is 11.1 Å².